The van der Waals surface area contributed by atoms with E-state index >= 15 is 0 Å². The summed E-state index contributed by atoms with van der Waals surface area (Å²) in [5.74, 6) is -0.736. The van der Waals surface area contributed by atoms with E-state index < -0.39 is 5.97 Å². The summed E-state index contributed by atoms with van der Waals surface area (Å²) in [6.07, 6.45) is 0. The maximum Gasteiger partial charge on any atom is 0.341 e. The Bertz CT molecular complexity index is 992. The van der Waals surface area contributed by atoms with Crippen LogP contribution in [0.5, 0.6) is 0 Å². The van der Waals surface area contributed by atoms with E-state index in [2.05, 4.69) is 21.2 Å². The number of methoxy groups -OCH3 is 1. The number of benzene rings is 2. The lowest BCUT2D eigenvalue weighted by Gasteiger charge is -2.08. The first kappa shape index (κ1) is 19.3. The molecule has 0 bridgehead atoms. The minimum Gasteiger partial charge on any atom is -0.465 e. The third kappa shape index (κ3) is 4.12. The Balaban J connectivity index is 2.04. The van der Waals surface area contributed by atoms with E-state index in [1.807, 2.05) is 50.2 Å². The van der Waals surface area contributed by atoms with Gasteiger partial charge in [-0.1, -0.05) is 45.8 Å². The summed E-state index contributed by atoms with van der Waals surface area (Å²) in [6.45, 7) is 3.89. The number of anilines is 1. The Kier molecular flexibility index (Phi) is 5.77. The van der Waals surface area contributed by atoms with Crippen LogP contribution in [0.2, 0.25) is 0 Å². The quantitative estimate of drug-likeness (QED) is 0.515. The fourth-order valence-corrected chi connectivity index (χ4v) is 4.10. The van der Waals surface area contributed by atoms with E-state index in [0.29, 0.717) is 16.1 Å². The monoisotopic (exact) mass is 443 g/mol. The Morgan fingerprint density at radius 1 is 1.00 bits per heavy atom. The minimum atomic E-state index is -0.475. The maximum atomic E-state index is 12.6. The molecule has 0 aliphatic rings. The van der Waals surface area contributed by atoms with E-state index in [-0.39, 0.29) is 5.91 Å². The van der Waals surface area contributed by atoms with Crippen molar-refractivity contribution in [2.45, 2.75) is 13.8 Å². The van der Waals surface area contributed by atoms with Crippen LogP contribution in [0, 0.1) is 13.8 Å². The molecule has 0 saturated heterocycles. The summed E-state index contributed by atoms with van der Waals surface area (Å²) in [7, 11) is 1.34. The van der Waals surface area contributed by atoms with Crippen molar-refractivity contribution in [3.63, 3.8) is 0 Å². The van der Waals surface area contributed by atoms with Crippen LogP contribution in [0.4, 0.5) is 5.00 Å². The molecule has 3 rings (SSSR count). The first-order valence-electron chi connectivity index (χ1n) is 8.26. The Hall–Kier alpha value is -2.44. The van der Waals surface area contributed by atoms with Crippen LogP contribution < -0.4 is 5.32 Å². The van der Waals surface area contributed by atoms with Gasteiger partial charge in [-0.15, -0.1) is 11.3 Å². The van der Waals surface area contributed by atoms with Crippen molar-refractivity contribution in [2.75, 3.05) is 12.4 Å². The van der Waals surface area contributed by atoms with Gasteiger partial charge in [-0.3, -0.25) is 4.79 Å². The lowest BCUT2D eigenvalue weighted by Crippen LogP contribution is -2.14. The highest BCUT2D eigenvalue weighted by molar-refractivity contribution is 9.10. The number of hydrogen-bond acceptors (Lipinski definition) is 4. The largest absolute Gasteiger partial charge is 0.465 e. The number of nitrogens with one attached hydrogen (secondary N) is 1. The first-order chi connectivity index (χ1) is 12.9. The predicted octanol–water partition coefficient (Wildman–Crippen LogP) is 5.83. The number of carbonyl (C=O) groups is 2. The van der Waals surface area contributed by atoms with Crippen LogP contribution in [0.15, 0.2) is 53.0 Å². The number of carbonyl (C=O) groups excluding carboxylic acids is 2. The summed E-state index contributed by atoms with van der Waals surface area (Å²) >= 11 is 4.79. The van der Waals surface area contributed by atoms with Gasteiger partial charge in [0.05, 0.1) is 7.11 Å². The number of thiophene rings is 1. The molecule has 4 nitrogen and oxygen atoms in total. The van der Waals surface area contributed by atoms with Gasteiger partial charge in [-0.05, 0) is 43.7 Å². The van der Waals surface area contributed by atoms with Crippen molar-refractivity contribution in [3.8, 4) is 11.1 Å². The van der Waals surface area contributed by atoms with Crippen molar-refractivity contribution in [1.82, 2.24) is 0 Å². The Labute approximate surface area is 170 Å². The second-order valence-corrected chi connectivity index (χ2v) is 8.20. The third-order valence-electron chi connectivity index (χ3n) is 4.15. The molecule has 1 N–H and O–H groups in total. The van der Waals surface area contributed by atoms with Crippen LogP contribution in [-0.4, -0.2) is 19.0 Å². The molecule has 0 atom stereocenters. The summed E-state index contributed by atoms with van der Waals surface area (Å²) in [5, 5.41) is 3.36. The smallest absolute Gasteiger partial charge is 0.341 e. The van der Waals surface area contributed by atoms with Gasteiger partial charge in [0, 0.05) is 20.5 Å². The van der Waals surface area contributed by atoms with Crippen molar-refractivity contribution in [3.05, 3.63) is 74.6 Å². The molecule has 0 fully saturated rings. The number of amides is 1. The molecule has 27 heavy (non-hydrogen) atoms. The van der Waals surface area contributed by atoms with Crippen molar-refractivity contribution < 1.29 is 14.3 Å². The summed E-state index contributed by atoms with van der Waals surface area (Å²) in [4.78, 5) is 26.1. The minimum absolute atomic E-state index is 0.260. The fraction of sp³-hybridized carbons (Fsp3) is 0.143. The lowest BCUT2D eigenvalue weighted by atomic mass is 10.0. The normalized spacial score (nSPS) is 10.5. The number of esters is 1. The van der Waals surface area contributed by atoms with Gasteiger partial charge in [0.1, 0.15) is 10.6 Å². The Morgan fingerprint density at radius 2 is 1.63 bits per heavy atom. The number of hydrogen-bond donors (Lipinski definition) is 1. The Morgan fingerprint density at radius 3 is 2.22 bits per heavy atom. The molecule has 2 aromatic carbocycles. The average molecular weight is 444 g/mol. The van der Waals surface area contributed by atoms with E-state index in [4.69, 9.17) is 4.74 Å². The molecule has 138 valence electrons. The van der Waals surface area contributed by atoms with E-state index in [1.54, 1.807) is 12.1 Å². The van der Waals surface area contributed by atoms with Gasteiger partial charge in [-0.25, -0.2) is 4.79 Å². The molecule has 6 heteroatoms. The average Bonchev–Trinajstić information content (AvgIpc) is 2.98. The third-order valence-corrected chi connectivity index (χ3v) is 5.70. The molecule has 1 amide bonds. The summed E-state index contributed by atoms with van der Waals surface area (Å²) < 4.78 is 5.94. The molecule has 3 aromatic rings. The zero-order valence-electron chi connectivity index (χ0n) is 15.1. The van der Waals surface area contributed by atoms with Gasteiger partial charge in [0.2, 0.25) is 0 Å². The SMILES string of the molecule is COC(=O)c1c(NC(=O)c2ccc(C)cc2)sc(C)c1-c1ccc(Br)cc1. The molecule has 0 aliphatic carbocycles. The number of rotatable bonds is 4. The maximum absolute atomic E-state index is 12.6. The molecule has 1 heterocycles. The number of halogens is 1. The van der Waals surface area contributed by atoms with Crippen molar-refractivity contribution in [2.24, 2.45) is 0 Å². The molecule has 0 aliphatic heterocycles. The highest BCUT2D eigenvalue weighted by Crippen LogP contribution is 2.40. The molecule has 0 spiro atoms. The van der Waals surface area contributed by atoms with Gasteiger partial charge >= 0.3 is 5.97 Å². The van der Waals surface area contributed by atoms with E-state index in [1.165, 1.54) is 18.4 Å². The number of ether oxygens (including phenoxy) is 1. The van der Waals surface area contributed by atoms with Crippen LogP contribution >= 0.6 is 27.3 Å². The fourth-order valence-electron chi connectivity index (χ4n) is 2.77. The van der Waals surface area contributed by atoms with E-state index in [9.17, 15) is 9.59 Å². The van der Waals surface area contributed by atoms with Gasteiger partial charge in [0.15, 0.2) is 0 Å². The second kappa shape index (κ2) is 8.06. The highest BCUT2D eigenvalue weighted by atomic mass is 79.9. The van der Waals surface area contributed by atoms with Crippen LogP contribution in [0.3, 0.4) is 0 Å². The molecule has 0 radical (unpaired) electrons. The van der Waals surface area contributed by atoms with Gasteiger partial charge < -0.3 is 10.1 Å². The lowest BCUT2D eigenvalue weighted by molar-refractivity contribution is 0.0603. The van der Waals surface area contributed by atoms with Crippen molar-refractivity contribution in [1.29, 1.82) is 0 Å². The van der Waals surface area contributed by atoms with Gasteiger partial charge in [0.25, 0.3) is 5.91 Å². The second-order valence-electron chi connectivity index (χ2n) is 6.06. The zero-order chi connectivity index (χ0) is 19.6. The standard InChI is InChI=1S/C21H18BrNO3S/c1-12-4-6-15(7-5-12)19(24)23-20-18(21(25)26-3)17(13(2)27-20)14-8-10-16(22)11-9-14/h4-11H,1-3H3,(H,23,24). The topological polar surface area (TPSA) is 55.4 Å². The number of aryl methyl sites for hydroxylation is 2. The summed E-state index contributed by atoms with van der Waals surface area (Å²) in [6, 6.07) is 15.0. The molecule has 0 saturated carbocycles. The highest BCUT2D eigenvalue weighted by Gasteiger charge is 2.25. The predicted molar refractivity (Wildman–Crippen MR) is 113 cm³/mol. The van der Waals surface area contributed by atoms with Crippen LogP contribution in [0.25, 0.3) is 11.1 Å². The molecular weight excluding hydrogens is 426 g/mol. The molecular formula is C21H18BrNO3S. The van der Waals surface area contributed by atoms with Crippen molar-refractivity contribution >= 4 is 44.1 Å². The molecule has 0 unspecified atom stereocenters. The van der Waals surface area contributed by atoms with Crippen LogP contribution in [0.1, 0.15) is 31.2 Å². The molecule has 1 aromatic heterocycles. The zero-order valence-corrected chi connectivity index (χ0v) is 17.5. The summed E-state index contributed by atoms with van der Waals surface area (Å²) in [5.41, 5.74) is 3.66. The first-order valence-corrected chi connectivity index (χ1v) is 9.87. The van der Waals surface area contributed by atoms with Crippen LogP contribution in [-0.2, 0) is 4.74 Å². The van der Waals surface area contributed by atoms with Gasteiger partial charge in [-0.2, -0.15) is 0 Å². The van der Waals surface area contributed by atoms with E-state index in [0.717, 1.165) is 26.0 Å².